The summed E-state index contributed by atoms with van der Waals surface area (Å²) in [6.45, 7) is 2.36. The molecule has 1 saturated heterocycles. The molecule has 0 amide bonds. The lowest BCUT2D eigenvalue weighted by atomic mass is 9.74. The maximum Gasteiger partial charge on any atom is 0.213 e. The van der Waals surface area contributed by atoms with Gasteiger partial charge in [0.25, 0.3) is 0 Å². The molecule has 0 atom stereocenters. The first-order valence-electron chi connectivity index (χ1n) is 8.87. The van der Waals surface area contributed by atoms with E-state index >= 15 is 0 Å². The highest BCUT2D eigenvalue weighted by atomic mass is 32.1. The number of fused-ring (bicyclic) bond motifs is 2. The molecule has 0 bridgehead atoms. The molecule has 0 unspecified atom stereocenters. The van der Waals surface area contributed by atoms with Crippen LogP contribution in [0.3, 0.4) is 0 Å². The number of aromatic nitrogens is 1. The van der Waals surface area contributed by atoms with Crippen LogP contribution in [0.25, 0.3) is 0 Å². The Balaban J connectivity index is 1.42. The van der Waals surface area contributed by atoms with Crippen molar-refractivity contribution in [1.29, 1.82) is 5.26 Å². The number of pyridine rings is 1. The maximum absolute atomic E-state index is 9.21. The first-order valence-corrected chi connectivity index (χ1v) is 9.28. The quantitative estimate of drug-likeness (QED) is 0.803. The number of rotatable bonds is 2. The minimum absolute atomic E-state index is 0.0179. The van der Waals surface area contributed by atoms with Crippen molar-refractivity contribution in [1.82, 2.24) is 9.88 Å². The molecule has 4 rings (SSSR count). The van der Waals surface area contributed by atoms with Crippen molar-refractivity contribution in [3.8, 4) is 17.7 Å². The monoisotopic (exact) mass is 380 g/mol. The van der Waals surface area contributed by atoms with E-state index in [1.54, 1.807) is 19.4 Å². The number of anilines is 1. The van der Waals surface area contributed by atoms with Gasteiger partial charge in [-0.05, 0) is 49.3 Å². The Morgan fingerprint density at radius 1 is 1.33 bits per heavy atom. The van der Waals surface area contributed by atoms with Gasteiger partial charge in [-0.25, -0.2) is 4.98 Å². The Morgan fingerprint density at radius 3 is 2.81 bits per heavy atom. The average Bonchev–Trinajstić information content (AvgIpc) is 3.06. The molecule has 2 aromatic rings. The second-order valence-corrected chi connectivity index (χ2v) is 7.28. The van der Waals surface area contributed by atoms with Gasteiger partial charge in [-0.2, -0.15) is 5.26 Å². The third-order valence-corrected chi connectivity index (χ3v) is 5.75. The number of nitriles is 1. The van der Waals surface area contributed by atoms with E-state index < -0.39 is 0 Å². The fourth-order valence-electron chi connectivity index (χ4n) is 3.76. The number of ether oxygens (including phenoxy) is 2. The van der Waals surface area contributed by atoms with Crippen LogP contribution in [0.1, 0.15) is 24.0 Å². The predicted molar refractivity (Wildman–Crippen MR) is 106 cm³/mol. The Hall–Kier alpha value is -2.85. The van der Waals surface area contributed by atoms with Gasteiger partial charge in [-0.1, -0.05) is 0 Å². The molecule has 2 aliphatic rings. The van der Waals surface area contributed by atoms with Gasteiger partial charge in [0.15, 0.2) is 5.11 Å². The minimum Gasteiger partial charge on any atom is -0.492 e. The largest absolute Gasteiger partial charge is 0.492 e. The number of hydrogen-bond acceptors (Lipinski definition) is 5. The molecule has 0 saturated carbocycles. The molecule has 1 aromatic heterocycles. The van der Waals surface area contributed by atoms with E-state index in [1.165, 1.54) is 5.56 Å². The SMILES string of the molecule is COc1ccc(NC(=S)N2CCC3(CC2)COc2ccc(C#N)cc23)cn1. The molecule has 1 spiro atoms. The molecule has 7 heteroatoms. The summed E-state index contributed by atoms with van der Waals surface area (Å²) in [6.07, 6.45) is 3.59. The molecule has 0 aliphatic carbocycles. The molecule has 3 heterocycles. The highest BCUT2D eigenvalue weighted by molar-refractivity contribution is 7.80. The van der Waals surface area contributed by atoms with Crippen molar-refractivity contribution in [2.24, 2.45) is 0 Å². The molecular weight excluding hydrogens is 360 g/mol. The number of thiocarbonyl (C=S) groups is 1. The summed E-state index contributed by atoms with van der Waals surface area (Å²) in [5.74, 6) is 1.48. The van der Waals surface area contributed by atoms with E-state index in [9.17, 15) is 5.26 Å². The molecule has 138 valence electrons. The second-order valence-electron chi connectivity index (χ2n) is 6.90. The summed E-state index contributed by atoms with van der Waals surface area (Å²) in [6, 6.07) is 11.6. The summed E-state index contributed by atoms with van der Waals surface area (Å²) in [5.41, 5.74) is 2.68. The zero-order valence-electron chi connectivity index (χ0n) is 15.1. The van der Waals surface area contributed by atoms with Crippen LogP contribution in [-0.4, -0.2) is 41.8 Å². The highest BCUT2D eigenvalue weighted by Crippen LogP contribution is 2.45. The summed E-state index contributed by atoms with van der Waals surface area (Å²) >= 11 is 5.58. The van der Waals surface area contributed by atoms with Gasteiger partial charge in [-0.15, -0.1) is 0 Å². The fourth-order valence-corrected chi connectivity index (χ4v) is 4.06. The van der Waals surface area contributed by atoms with Gasteiger partial charge in [0, 0.05) is 30.1 Å². The Morgan fingerprint density at radius 2 is 2.15 bits per heavy atom. The van der Waals surface area contributed by atoms with Gasteiger partial charge < -0.3 is 19.7 Å². The number of likely N-dealkylation sites (tertiary alicyclic amines) is 1. The van der Waals surface area contributed by atoms with E-state index in [4.69, 9.17) is 21.7 Å². The number of methoxy groups -OCH3 is 1. The summed E-state index contributed by atoms with van der Waals surface area (Å²) in [4.78, 5) is 6.37. The molecule has 6 nitrogen and oxygen atoms in total. The Kier molecular flexibility index (Phi) is 4.58. The van der Waals surface area contributed by atoms with Crippen LogP contribution in [0.4, 0.5) is 5.69 Å². The third kappa shape index (κ3) is 3.28. The van der Waals surface area contributed by atoms with Gasteiger partial charge >= 0.3 is 0 Å². The third-order valence-electron chi connectivity index (χ3n) is 5.39. The van der Waals surface area contributed by atoms with E-state index in [0.29, 0.717) is 23.2 Å². The second kappa shape index (κ2) is 7.05. The number of hydrogen-bond donors (Lipinski definition) is 1. The van der Waals surface area contributed by atoms with Crippen molar-refractivity contribution in [2.75, 3.05) is 32.1 Å². The summed E-state index contributed by atoms with van der Waals surface area (Å²) in [7, 11) is 1.59. The maximum atomic E-state index is 9.21. The molecule has 0 radical (unpaired) electrons. The molecule has 2 aliphatic heterocycles. The topological polar surface area (TPSA) is 70.4 Å². The van der Waals surface area contributed by atoms with Gasteiger partial charge in [0.05, 0.1) is 37.2 Å². The minimum atomic E-state index is -0.0179. The van der Waals surface area contributed by atoms with Gasteiger partial charge in [0.1, 0.15) is 5.75 Å². The Bertz CT molecular complexity index is 899. The normalized spacial score (nSPS) is 17.0. The van der Waals surface area contributed by atoms with E-state index in [2.05, 4.69) is 21.3 Å². The smallest absolute Gasteiger partial charge is 0.213 e. The summed E-state index contributed by atoms with van der Waals surface area (Å²) in [5, 5.41) is 13.1. The van der Waals surface area contributed by atoms with Crippen LogP contribution >= 0.6 is 12.2 Å². The zero-order chi connectivity index (χ0) is 18.9. The number of nitrogens with zero attached hydrogens (tertiary/aromatic N) is 3. The van der Waals surface area contributed by atoms with Crippen molar-refractivity contribution < 1.29 is 9.47 Å². The molecule has 1 aromatic carbocycles. The van der Waals surface area contributed by atoms with Gasteiger partial charge in [0.2, 0.25) is 5.88 Å². The Labute approximate surface area is 163 Å². The van der Waals surface area contributed by atoms with Crippen LogP contribution in [0.5, 0.6) is 11.6 Å². The van der Waals surface area contributed by atoms with E-state index in [0.717, 1.165) is 37.4 Å². The first kappa shape index (κ1) is 17.6. The summed E-state index contributed by atoms with van der Waals surface area (Å²) < 4.78 is 11.0. The van der Waals surface area contributed by atoms with Crippen molar-refractivity contribution in [2.45, 2.75) is 18.3 Å². The van der Waals surface area contributed by atoms with Crippen molar-refractivity contribution in [3.05, 3.63) is 47.7 Å². The average molecular weight is 380 g/mol. The molecule has 27 heavy (non-hydrogen) atoms. The first-order chi connectivity index (χ1) is 13.1. The fraction of sp³-hybridized carbons (Fsp3) is 0.350. The van der Waals surface area contributed by atoms with Crippen molar-refractivity contribution in [3.63, 3.8) is 0 Å². The zero-order valence-corrected chi connectivity index (χ0v) is 15.9. The number of benzene rings is 1. The molecule has 1 fully saturated rings. The van der Waals surface area contributed by atoms with Crippen LogP contribution in [0.15, 0.2) is 36.5 Å². The standard InChI is InChI=1S/C20H20N4O2S/c1-25-18-5-3-15(12-22-18)23-19(27)24-8-6-20(7-9-24)13-26-17-4-2-14(11-21)10-16(17)20/h2-5,10,12H,6-9,13H2,1H3,(H,23,27). The molecule has 1 N–H and O–H groups in total. The lowest BCUT2D eigenvalue weighted by Crippen LogP contribution is -2.47. The molecular formula is C20H20N4O2S. The van der Waals surface area contributed by atoms with Gasteiger partial charge in [-0.3, -0.25) is 0 Å². The van der Waals surface area contributed by atoms with E-state index in [-0.39, 0.29) is 5.41 Å². The van der Waals surface area contributed by atoms with E-state index in [1.807, 2.05) is 24.3 Å². The van der Waals surface area contributed by atoms with Crippen LogP contribution in [-0.2, 0) is 5.41 Å². The highest BCUT2D eigenvalue weighted by Gasteiger charge is 2.43. The predicted octanol–water partition coefficient (Wildman–Crippen LogP) is 3.08. The van der Waals surface area contributed by atoms with Crippen LogP contribution in [0.2, 0.25) is 0 Å². The lowest BCUT2D eigenvalue weighted by Gasteiger charge is -2.39. The van der Waals surface area contributed by atoms with Crippen LogP contribution in [0, 0.1) is 11.3 Å². The van der Waals surface area contributed by atoms with Crippen molar-refractivity contribution >= 4 is 23.0 Å². The van der Waals surface area contributed by atoms with Crippen LogP contribution < -0.4 is 14.8 Å². The lowest BCUT2D eigenvalue weighted by molar-refractivity contribution is 0.180. The number of nitrogens with one attached hydrogen (secondary N) is 1. The number of piperidine rings is 1.